The first-order valence-corrected chi connectivity index (χ1v) is 7.75. The average Bonchev–Trinajstić information content (AvgIpc) is 2.64. The predicted octanol–water partition coefficient (Wildman–Crippen LogP) is 2.32. The number of nitriles is 1. The maximum atomic E-state index is 13.3. The van der Waals surface area contributed by atoms with E-state index < -0.39 is 11.4 Å². The van der Waals surface area contributed by atoms with Crippen molar-refractivity contribution in [2.24, 2.45) is 0 Å². The highest BCUT2D eigenvalue weighted by Gasteiger charge is 2.16. The summed E-state index contributed by atoms with van der Waals surface area (Å²) in [7, 11) is 0. The Bertz CT molecular complexity index is 1350. The van der Waals surface area contributed by atoms with Gasteiger partial charge < -0.3 is 0 Å². The van der Waals surface area contributed by atoms with Gasteiger partial charge in [-0.3, -0.25) is 18.6 Å². The summed E-state index contributed by atoms with van der Waals surface area (Å²) >= 11 is 0. The van der Waals surface area contributed by atoms with Crippen LogP contribution in [0.15, 0.2) is 58.3 Å². The molecule has 3 aromatic heterocycles. The minimum absolute atomic E-state index is 0.125. The largest absolute Gasteiger partial charge is 0.274 e. The fourth-order valence-corrected chi connectivity index (χ4v) is 2.93. The van der Waals surface area contributed by atoms with E-state index in [4.69, 9.17) is 0 Å². The molecular formula is C19H11FN4O2. The van der Waals surface area contributed by atoms with Gasteiger partial charge in [0.25, 0.3) is 11.1 Å². The number of hydrogen-bond acceptors (Lipinski definition) is 4. The molecule has 0 aliphatic rings. The van der Waals surface area contributed by atoms with E-state index in [-0.39, 0.29) is 22.2 Å². The van der Waals surface area contributed by atoms with Gasteiger partial charge in [0.2, 0.25) is 0 Å². The number of nitrogens with zero attached hydrogens (tertiary/aromatic N) is 4. The molecule has 0 atom stereocenters. The molecule has 1 aromatic carbocycles. The van der Waals surface area contributed by atoms with E-state index in [1.165, 1.54) is 39.3 Å². The number of rotatable bonds is 1. The topological polar surface area (TPSA) is 80.2 Å². The molecule has 4 rings (SSSR count). The molecule has 0 N–H and O–H groups in total. The number of fused-ring (bicyclic) bond motifs is 2. The fourth-order valence-electron chi connectivity index (χ4n) is 2.93. The lowest BCUT2D eigenvalue weighted by Crippen LogP contribution is -2.26. The number of halogens is 1. The molecule has 0 unspecified atom stereocenters. The summed E-state index contributed by atoms with van der Waals surface area (Å²) in [6.45, 7) is 1.80. The van der Waals surface area contributed by atoms with Gasteiger partial charge in [0.1, 0.15) is 23.1 Å². The van der Waals surface area contributed by atoms with Crippen LogP contribution in [0.2, 0.25) is 0 Å². The van der Waals surface area contributed by atoms with Gasteiger partial charge in [0.05, 0.1) is 11.1 Å². The van der Waals surface area contributed by atoms with E-state index in [9.17, 15) is 19.2 Å². The summed E-state index contributed by atoms with van der Waals surface area (Å²) in [5.74, 6) is -0.461. The van der Waals surface area contributed by atoms with E-state index in [1.807, 2.05) is 6.07 Å². The van der Waals surface area contributed by atoms with Crippen molar-refractivity contribution in [3.8, 4) is 11.8 Å². The van der Waals surface area contributed by atoms with Crippen molar-refractivity contribution in [1.29, 1.82) is 5.26 Å². The van der Waals surface area contributed by atoms with Gasteiger partial charge in [0.15, 0.2) is 5.65 Å². The molecule has 6 nitrogen and oxygen atoms in total. The van der Waals surface area contributed by atoms with E-state index in [0.29, 0.717) is 11.3 Å². The van der Waals surface area contributed by atoms with Crippen molar-refractivity contribution in [1.82, 2.24) is 14.0 Å². The van der Waals surface area contributed by atoms with Gasteiger partial charge in [-0.1, -0.05) is 6.07 Å². The maximum Gasteiger partial charge on any atom is 0.274 e. The van der Waals surface area contributed by atoms with Crippen LogP contribution in [-0.2, 0) is 0 Å². The Balaban J connectivity index is 2.28. The zero-order valence-corrected chi connectivity index (χ0v) is 13.6. The number of aromatic nitrogens is 3. The highest BCUT2D eigenvalue weighted by Crippen LogP contribution is 2.16. The third kappa shape index (κ3) is 2.20. The second-order valence-corrected chi connectivity index (χ2v) is 5.83. The molecule has 0 aliphatic heterocycles. The molecule has 0 saturated carbocycles. The predicted molar refractivity (Wildman–Crippen MR) is 94.0 cm³/mol. The van der Waals surface area contributed by atoms with Crippen molar-refractivity contribution in [2.75, 3.05) is 0 Å². The number of aryl methyl sites for hydroxylation is 1. The Labute approximate surface area is 146 Å². The monoisotopic (exact) mass is 346 g/mol. The highest BCUT2D eigenvalue weighted by molar-refractivity contribution is 5.80. The molecule has 0 spiro atoms. The zero-order chi connectivity index (χ0) is 18.4. The lowest BCUT2D eigenvalue weighted by molar-refractivity contribution is 0.627. The summed E-state index contributed by atoms with van der Waals surface area (Å²) in [5, 5.41) is 9.42. The summed E-state index contributed by atoms with van der Waals surface area (Å²) in [5.41, 5.74) is 0.424. The Hall–Kier alpha value is -3.79. The van der Waals surface area contributed by atoms with E-state index in [2.05, 4.69) is 4.98 Å². The van der Waals surface area contributed by atoms with Crippen LogP contribution in [0.1, 0.15) is 11.1 Å². The second kappa shape index (κ2) is 5.63. The number of benzene rings is 1. The first-order valence-electron chi connectivity index (χ1n) is 7.75. The third-order valence-corrected chi connectivity index (χ3v) is 4.20. The van der Waals surface area contributed by atoms with Gasteiger partial charge in [-0.25, -0.2) is 9.37 Å². The molecule has 0 amide bonds. The molecule has 0 aliphatic carbocycles. The van der Waals surface area contributed by atoms with Gasteiger partial charge >= 0.3 is 0 Å². The van der Waals surface area contributed by atoms with Crippen molar-refractivity contribution in [3.05, 3.63) is 86.3 Å². The van der Waals surface area contributed by atoms with E-state index >= 15 is 0 Å². The van der Waals surface area contributed by atoms with Crippen LogP contribution < -0.4 is 11.1 Å². The van der Waals surface area contributed by atoms with Crippen molar-refractivity contribution >= 4 is 16.7 Å². The van der Waals surface area contributed by atoms with Crippen LogP contribution in [0.5, 0.6) is 0 Å². The number of pyridine rings is 2. The molecule has 0 radical (unpaired) electrons. The zero-order valence-electron chi connectivity index (χ0n) is 13.6. The molecule has 4 aromatic rings. The molecular weight excluding hydrogens is 335 g/mol. The molecule has 0 fully saturated rings. The van der Waals surface area contributed by atoms with E-state index in [0.717, 1.165) is 5.56 Å². The van der Waals surface area contributed by atoms with Crippen molar-refractivity contribution < 1.29 is 4.39 Å². The van der Waals surface area contributed by atoms with Crippen LogP contribution in [-0.4, -0.2) is 14.0 Å². The maximum absolute atomic E-state index is 13.3. The van der Waals surface area contributed by atoms with Gasteiger partial charge in [-0.05, 0) is 48.9 Å². The molecule has 7 heteroatoms. The SMILES string of the molecule is Cc1cccn2c(=O)c3cc(C#N)c(=O)n(-c4ccc(F)cc4)c3nc12. The highest BCUT2D eigenvalue weighted by atomic mass is 19.1. The van der Waals surface area contributed by atoms with Crippen molar-refractivity contribution in [3.63, 3.8) is 0 Å². The van der Waals surface area contributed by atoms with Gasteiger partial charge in [-0.15, -0.1) is 0 Å². The molecule has 0 bridgehead atoms. The minimum Gasteiger partial charge on any atom is -0.268 e. The number of hydrogen-bond donors (Lipinski definition) is 0. The fraction of sp³-hybridized carbons (Fsp3) is 0.0526. The quantitative estimate of drug-likeness (QED) is 0.495. The third-order valence-electron chi connectivity index (χ3n) is 4.20. The van der Waals surface area contributed by atoms with Crippen LogP contribution in [0.25, 0.3) is 22.4 Å². The van der Waals surface area contributed by atoms with E-state index in [1.54, 1.807) is 25.3 Å². The van der Waals surface area contributed by atoms with Gasteiger partial charge in [-0.2, -0.15) is 5.26 Å². The van der Waals surface area contributed by atoms with Crippen LogP contribution in [0, 0.1) is 24.1 Å². The van der Waals surface area contributed by atoms with Crippen LogP contribution in [0.3, 0.4) is 0 Å². The first-order chi connectivity index (χ1) is 12.5. The smallest absolute Gasteiger partial charge is 0.268 e. The molecule has 3 heterocycles. The normalized spacial score (nSPS) is 11.0. The van der Waals surface area contributed by atoms with Crippen LogP contribution >= 0.6 is 0 Å². The Kier molecular flexibility index (Phi) is 3.41. The summed E-state index contributed by atoms with van der Waals surface area (Å²) in [6, 6.07) is 11.8. The molecule has 26 heavy (non-hydrogen) atoms. The van der Waals surface area contributed by atoms with Crippen LogP contribution in [0.4, 0.5) is 4.39 Å². The standard InChI is InChI=1S/C19H11FN4O2/c1-11-3-2-8-23-16(11)22-17-15(19(23)26)9-12(10-21)18(25)24(17)14-6-4-13(20)5-7-14/h2-9H,1H3. The Morgan fingerprint density at radius 3 is 2.50 bits per heavy atom. The van der Waals surface area contributed by atoms with Crippen molar-refractivity contribution in [2.45, 2.75) is 6.92 Å². The average molecular weight is 346 g/mol. The lowest BCUT2D eigenvalue weighted by atomic mass is 10.2. The first kappa shape index (κ1) is 15.7. The summed E-state index contributed by atoms with van der Waals surface area (Å²) in [6.07, 6.45) is 1.58. The second-order valence-electron chi connectivity index (χ2n) is 5.83. The Morgan fingerprint density at radius 2 is 1.81 bits per heavy atom. The minimum atomic E-state index is -0.614. The lowest BCUT2D eigenvalue weighted by Gasteiger charge is -2.12. The summed E-state index contributed by atoms with van der Waals surface area (Å²) in [4.78, 5) is 30.1. The molecule has 126 valence electrons. The van der Waals surface area contributed by atoms with Gasteiger partial charge in [0, 0.05) is 6.20 Å². The Morgan fingerprint density at radius 1 is 1.08 bits per heavy atom. The molecule has 0 saturated heterocycles. The summed E-state index contributed by atoms with van der Waals surface area (Å²) < 4.78 is 15.8.